The van der Waals surface area contributed by atoms with E-state index in [1.54, 1.807) is 10.8 Å². The van der Waals surface area contributed by atoms with E-state index >= 15 is 0 Å². The fourth-order valence-corrected chi connectivity index (χ4v) is 3.41. The number of nitrogens with zero attached hydrogens (tertiary/aromatic N) is 3. The van der Waals surface area contributed by atoms with Gasteiger partial charge < -0.3 is 0 Å². The van der Waals surface area contributed by atoms with Gasteiger partial charge in [0.25, 0.3) is 0 Å². The van der Waals surface area contributed by atoms with E-state index in [1.807, 2.05) is 50.5 Å². The fourth-order valence-electron chi connectivity index (χ4n) is 2.46. The number of amides is 1. The van der Waals surface area contributed by atoms with Crippen LogP contribution in [-0.2, 0) is 11.8 Å². The van der Waals surface area contributed by atoms with Crippen LogP contribution in [0.2, 0.25) is 5.02 Å². The lowest BCUT2D eigenvalue weighted by molar-refractivity contribution is -0.111. The Labute approximate surface area is 155 Å². The molecule has 0 bridgehead atoms. The van der Waals surface area contributed by atoms with E-state index in [2.05, 4.69) is 15.4 Å². The van der Waals surface area contributed by atoms with Gasteiger partial charge in [0.15, 0.2) is 5.13 Å². The first kappa shape index (κ1) is 17.4. The second-order valence-electron chi connectivity index (χ2n) is 5.55. The maximum Gasteiger partial charge on any atom is 0.250 e. The van der Waals surface area contributed by atoms with E-state index in [0.717, 1.165) is 28.2 Å². The van der Waals surface area contributed by atoms with Gasteiger partial charge in [-0.3, -0.25) is 14.8 Å². The van der Waals surface area contributed by atoms with Crippen LogP contribution < -0.4 is 5.32 Å². The number of halogens is 1. The van der Waals surface area contributed by atoms with E-state index in [9.17, 15) is 4.79 Å². The van der Waals surface area contributed by atoms with Gasteiger partial charge in [-0.25, -0.2) is 4.98 Å². The molecule has 7 heteroatoms. The summed E-state index contributed by atoms with van der Waals surface area (Å²) in [6.45, 7) is 3.88. The zero-order chi connectivity index (χ0) is 18.0. The van der Waals surface area contributed by atoms with Gasteiger partial charge in [-0.15, -0.1) is 11.3 Å². The third-order valence-corrected chi connectivity index (χ3v) is 4.94. The minimum Gasteiger partial charge on any atom is -0.298 e. The van der Waals surface area contributed by atoms with Crippen molar-refractivity contribution in [2.24, 2.45) is 7.05 Å². The number of thiazole rings is 1. The molecule has 128 valence electrons. The fraction of sp³-hybridized carbons (Fsp3) is 0.167. The van der Waals surface area contributed by atoms with Gasteiger partial charge in [-0.05, 0) is 26.0 Å². The Morgan fingerprint density at radius 2 is 2.08 bits per heavy atom. The third-order valence-electron chi connectivity index (χ3n) is 3.85. The summed E-state index contributed by atoms with van der Waals surface area (Å²) >= 11 is 7.54. The molecule has 0 radical (unpaired) electrons. The van der Waals surface area contributed by atoms with Gasteiger partial charge >= 0.3 is 0 Å². The van der Waals surface area contributed by atoms with Gasteiger partial charge in [0.1, 0.15) is 0 Å². The van der Waals surface area contributed by atoms with Crippen LogP contribution in [0.1, 0.15) is 17.0 Å². The molecule has 3 aromatic rings. The predicted octanol–water partition coefficient (Wildman–Crippen LogP) is 4.47. The first-order valence-electron chi connectivity index (χ1n) is 7.65. The number of nitrogens with one attached hydrogen (secondary N) is 1. The second kappa shape index (κ2) is 7.21. The van der Waals surface area contributed by atoms with Crippen LogP contribution in [0.4, 0.5) is 5.13 Å². The molecule has 1 N–H and O–H groups in total. The van der Waals surface area contributed by atoms with Crippen LogP contribution in [0.25, 0.3) is 17.3 Å². The average Bonchev–Trinajstić information content (AvgIpc) is 3.12. The summed E-state index contributed by atoms with van der Waals surface area (Å²) in [4.78, 5) is 16.6. The number of benzene rings is 1. The van der Waals surface area contributed by atoms with Crippen molar-refractivity contribution in [1.29, 1.82) is 0 Å². The molecule has 0 unspecified atom stereocenters. The summed E-state index contributed by atoms with van der Waals surface area (Å²) in [5.74, 6) is -0.234. The summed E-state index contributed by atoms with van der Waals surface area (Å²) < 4.78 is 1.80. The Bertz CT molecular complexity index is 958. The lowest BCUT2D eigenvalue weighted by Crippen LogP contribution is -2.07. The molecule has 0 atom stereocenters. The SMILES string of the molecule is Cc1nn(C)c(C)c1/C=C/C(=O)Nc1nc(-c2ccccc2Cl)cs1. The molecule has 0 spiro atoms. The van der Waals surface area contributed by atoms with Crippen molar-refractivity contribution in [3.63, 3.8) is 0 Å². The van der Waals surface area contributed by atoms with Gasteiger partial charge in [0.2, 0.25) is 5.91 Å². The highest BCUT2D eigenvalue weighted by Gasteiger charge is 2.10. The van der Waals surface area contributed by atoms with Gasteiger partial charge in [-0.2, -0.15) is 5.10 Å². The molecular formula is C18H17ClN4OS. The molecule has 1 aromatic carbocycles. The number of carbonyl (C=O) groups is 1. The van der Waals surface area contributed by atoms with Crippen molar-refractivity contribution in [2.45, 2.75) is 13.8 Å². The van der Waals surface area contributed by atoms with Crippen LogP contribution in [0, 0.1) is 13.8 Å². The molecule has 0 aliphatic carbocycles. The summed E-state index contributed by atoms with van der Waals surface area (Å²) in [6.07, 6.45) is 3.27. The largest absolute Gasteiger partial charge is 0.298 e. The molecule has 0 fully saturated rings. The van der Waals surface area contributed by atoms with Crippen LogP contribution >= 0.6 is 22.9 Å². The van der Waals surface area contributed by atoms with Crippen LogP contribution in [0.15, 0.2) is 35.7 Å². The maximum absolute atomic E-state index is 12.1. The Balaban J connectivity index is 1.72. The van der Waals surface area contributed by atoms with E-state index in [-0.39, 0.29) is 5.91 Å². The molecule has 0 aliphatic heterocycles. The molecule has 0 aliphatic rings. The van der Waals surface area contributed by atoms with Gasteiger partial charge in [0.05, 0.1) is 11.4 Å². The van der Waals surface area contributed by atoms with Crippen molar-refractivity contribution in [3.8, 4) is 11.3 Å². The number of aromatic nitrogens is 3. The minimum atomic E-state index is -0.234. The lowest BCUT2D eigenvalue weighted by Gasteiger charge is -1.99. The summed E-state index contributed by atoms with van der Waals surface area (Å²) in [7, 11) is 1.88. The maximum atomic E-state index is 12.1. The molecule has 5 nitrogen and oxygen atoms in total. The highest BCUT2D eigenvalue weighted by atomic mass is 35.5. The molecule has 3 rings (SSSR count). The number of anilines is 1. The highest BCUT2D eigenvalue weighted by Crippen LogP contribution is 2.30. The van der Waals surface area contributed by atoms with Crippen LogP contribution in [0.5, 0.6) is 0 Å². The quantitative estimate of drug-likeness (QED) is 0.687. The van der Waals surface area contributed by atoms with Crippen molar-refractivity contribution in [1.82, 2.24) is 14.8 Å². The topological polar surface area (TPSA) is 59.8 Å². The lowest BCUT2D eigenvalue weighted by atomic mass is 10.2. The number of hydrogen-bond acceptors (Lipinski definition) is 4. The Hall–Kier alpha value is -2.44. The van der Waals surface area contributed by atoms with E-state index in [0.29, 0.717) is 10.2 Å². The molecule has 0 saturated heterocycles. The zero-order valence-corrected chi connectivity index (χ0v) is 15.6. The molecule has 2 aromatic heterocycles. The summed E-state index contributed by atoms with van der Waals surface area (Å²) in [6, 6.07) is 7.49. The van der Waals surface area contributed by atoms with E-state index < -0.39 is 0 Å². The van der Waals surface area contributed by atoms with Crippen molar-refractivity contribution in [2.75, 3.05) is 5.32 Å². The summed E-state index contributed by atoms with van der Waals surface area (Å²) in [5.41, 5.74) is 4.44. The van der Waals surface area contributed by atoms with Crippen LogP contribution in [-0.4, -0.2) is 20.7 Å². The number of hydrogen-bond donors (Lipinski definition) is 1. The monoisotopic (exact) mass is 372 g/mol. The molecule has 1 amide bonds. The Morgan fingerprint density at radius 1 is 1.32 bits per heavy atom. The Kier molecular flexibility index (Phi) is 5.01. The molecule has 2 heterocycles. The zero-order valence-electron chi connectivity index (χ0n) is 14.1. The molecular weight excluding hydrogens is 356 g/mol. The second-order valence-corrected chi connectivity index (χ2v) is 6.81. The van der Waals surface area contributed by atoms with E-state index in [4.69, 9.17) is 11.6 Å². The van der Waals surface area contributed by atoms with Crippen LogP contribution in [0.3, 0.4) is 0 Å². The third kappa shape index (κ3) is 3.81. The van der Waals surface area contributed by atoms with E-state index in [1.165, 1.54) is 17.4 Å². The standard InChI is InChI=1S/C18H17ClN4OS/c1-11-13(12(2)23(3)22-11)8-9-17(24)21-18-20-16(10-25-18)14-6-4-5-7-15(14)19/h4-10H,1-3H3,(H,20,21,24)/b9-8+. The first-order valence-corrected chi connectivity index (χ1v) is 8.91. The number of aryl methyl sites for hydroxylation is 2. The molecule has 0 saturated carbocycles. The van der Waals surface area contributed by atoms with Crippen molar-refractivity contribution >= 4 is 40.1 Å². The summed E-state index contributed by atoms with van der Waals surface area (Å²) in [5, 5.41) is 10.1. The number of carbonyl (C=O) groups excluding carboxylic acids is 1. The van der Waals surface area contributed by atoms with Gasteiger partial charge in [0, 0.05) is 40.3 Å². The van der Waals surface area contributed by atoms with Gasteiger partial charge in [-0.1, -0.05) is 29.8 Å². The van der Waals surface area contributed by atoms with Crippen molar-refractivity contribution < 1.29 is 4.79 Å². The first-order chi connectivity index (χ1) is 12.0. The average molecular weight is 373 g/mol. The number of rotatable bonds is 4. The molecule has 25 heavy (non-hydrogen) atoms. The predicted molar refractivity (Wildman–Crippen MR) is 103 cm³/mol. The van der Waals surface area contributed by atoms with Crippen molar-refractivity contribution in [3.05, 3.63) is 57.7 Å². The Morgan fingerprint density at radius 3 is 2.76 bits per heavy atom. The highest BCUT2D eigenvalue weighted by molar-refractivity contribution is 7.14. The smallest absolute Gasteiger partial charge is 0.250 e. The minimum absolute atomic E-state index is 0.234. The normalized spacial score (nSPS) is 11.2.